The Morgan fingerprint density at radius 2 is 1.18 bits per heavy atom. The molecule has 3 N–H and O–H groups in total. The van der Waals surface area contributed by atoms with Gasteiger partial charge in [-0.2, -0.15) is 0 Å². The molecule has 0 spiro atoms. The molecule has 0 unspecified atom stereocenters. The van der Waals surface area contributed by atoms with Crippen LogP contribution in [0.25, 0.3) is 0 Å². The summed E-state index contributed by atoms with van der Waals surface area (Å²) in [5, 5.41) is 10.1. The van der Waals surface area contributed by atoms with Gasteiger partial charge in [0.2, 0.25) is 5.91 Å². The number of carboxylic acids is 1. The van der Waals surface area contributed by atoms with Crippen molar-refractivity contribution in [2.45, 2.75) is 10.7 Å². The first-order valence-corrected chi connectivity index (χ1v) is 8.55. The third-order valence-electron chi connectivity index (χ3n) is 2.75. The smallest absolute Gasteiger partial charge is 0.335 e. The van der Waals surface area contributed by atoms with Crippen LogP contribution in [-0.4, -0.2) is 17.0 Å². The normalized spacial score (nSPS) is 9.55. The Bertz CT molecular complexity index is 567. The first kappa shape index (κ1) is 18.4. The van der Waals surface area contributed by atoms with E-state index in [1.54, 1.807) is 36.4 Å². The molecule has 2 rings (SSSR count). The quantitative estimate of drug-likeness (QED) is 0.723. The molecule has 2 aromatic rings. The Morgan fingerprint density at radius 3 is 1.45 bits per heavy atom. The Labute approximate surface area is 145 Å². The van der Waals surface area contributed by atoms with E-state index in [1.807, 2.05) is 12.1 Å². The van der Waals surface area contributed by atoms with Gasteiger partial charge in [-0.3, -0.25) is 4.79 Å². The van der Waals surface area contributed by atoms with E-state index in [0.29, 0.717) is 11.1 Å². The monoisotopic (exact) mass is 427 g/mol. The highest BCUT2D eigenvalue weighted by molar-refractivity contribution is 9.08. The molecule has 22 heavy (non-hydrogen) atoms. The van der Waals surface area contributed by atoms with Crippen LogP contribution in [0.5, 0.6) is 0 Å². The van der Waals surface area contributed by atoms with Crippen molar-refractivity contribution in [2.75, 3.05) is 0 Å². The second-order valence-corrected chi connectivity index (χ2v) is 5.45. The summed E-state index contributed by atoms with van der Waals surface area (Å²) in [6.07, 6.45) is 0. The molecular formula is C16H15Br2NO3. The predicted octanol–water partition coefficient (Wildman–Crippen LogP) is 3.96. The van der Waals surface area contributed by atoms with Gasteiger partial charge in [0.15, 0.2) is 0 Å². The fraction of sp³-hybridized carbons (Fsp3) is 0.125. The van der Waals surface area contributed by atoms with Gasteiger partial charge < -0.3 is 10.8 Å². The van der Waals surface area contributed by atoms with E-state index in [1.165, 1.54) is 0 Å². The molecule has 0 saturated heterocycles. The number of nitrogens with two attached hydrogens (primary N) is 1. The molecular weight excluding hydrogens is 414 g/mol. The maximum Gasteiger partial charge on any atom is 0.335 e. The van der Waals surface area contributed by atoms with Crippen LogP contribution in [0.4, 0.5) is 0 Å². The van der Waals surface area contributed by atoms with E-state index >= 15 is 0 Å². The maximum atomic E-state index is 10.6. The molecule has 0 aliphatic carbocycles. The Kier molecular flexibility index (Phi) is 7.84. The lowest BCUT2D eigenvalue weighted by Crippen LogP contribution is -2.10. The van der Waals surface area contributed by atoms with Gasteiger partial charge in [-0.1, -0.05) is 56.1 Å². The minimum Gasteiger partial charge on any atom is -0.478 e. The molecule has 116 valence electrons. The van der Waals surface area contributed by atoms with Crippen LogP contribution in [-0.2, 0) is 10.7 Å². The summed E-state index contributed by atoms with van der Waals surface area (Å²) in [4.78, 5) is 21.0. The van der Waals surface area contributed by atoms with Gasteiger partial charge in [-0.05, 0) is 35.4 Å². The van der Waals surface area contributed by atoms with Gasteiger partial charge in [-0.25, -0.2) is 4.79 Å². The summed E-state index contributed by atoms with van der Waals surface area (Å²) in [5.74, 6) is -1.27. The molecule has 0 saturated carbocycles. The number of rotatable bonds is 4. The summed E-state index contributed by atoms with van der Waals surface area (Å²) >= 11 is 6.57. The molecule has 4 nitrogen and oxygen atoms in total. The summed E-state index contributed by atoms with van der Waals surface area (Å²) in [7, 11) is 0. The highest BCUT2D eigenvalue weighted by atomic mass is 79.9. The first-order chi connectivity index (χ1) is 10.5. The lowest BCUT2D eigenvalue weighted by Gasteiger charge is -1.96. The number of amides is 1. The van der Waals surface area contributed by atoms with Gasteiger partial charge in [-0.15, -0.1) is 0 Å². The zero-order valence-corrected chi connectivity index (χ0v) is 14.8. The van der Waals surface area contributed by atoms with Crippen molar-refractivity contribution in [3.8, 4) is 0 Å². The van der Waals surface area contributed by atoms with Crippen LogP contribution in [0.2, 0.25) is 0 Å². The number of aromatic carboxylic acids is 1. The Balaban J connectivity index is 0.000000220. The van der Waals surface area contributed by atoms with Crippen molar-refractivity contribution in [1.82, 2.24) is 0 Å². The number of hydrogen-bond acceptors (Lipinski definition) is 2. The number of hydrogen-bond donors (Lipinski definition) is 2. The molecule has 0 aromatic heterocycles. The van der Waals surface area contributed by atoms with Crippen LogP contribution < -0.4 is 5.73 Å². The van der Waals surface area contributed by atoms with Crippen LogP contribution in [0.3, 0.4) is 0 Å². The predicted molar refractivity (Wildman–Crippen MR) is 93.6 cm³/mol. The van der Waals surface area contributed by atoms with Crippen molar-refractivity contribution in [3.05, 3.63) is 70.8 Å². The van der Waals surface area contributed by atoms with Crippen molar-refractivity contribution >= 4 is 43.7 Å². The van der Waals surface area contributed by atoms with E-state index in [9.17, 15) is 9.59 Å². The molecule has 1 amide bonds. The number of carboxylic acid groups (broad SMARTS) is 1. The average Bonchev–Trinajstić information content (AvgIpc) is 2.55. The highest BCUT2D eigenvalue weighted by Gasteiger charge is 2.00. The SMILES string of the molecule is NC(=O)c1ccc(CBr)cc1.O=C(O)c1ccc(CBr)cc1. The molecule has 0 bridgehead atoms. The maximum absolute atomic E-state index is 10.6. The lowest BCUT2D eigenvalue weighted by atomic mass is 10.1. The summed E-state index contributed by atoms with van der Waals surface area (Å²) < 4.78 is 0. The molecule has 0 fully saturated rings. The van der Waals surface area contributed by atoms with Gasteiger partial charge >= 0.3 is 5.97 Å². The van der Waals surface area contributed by atoms with Gasteiger partial charge in [0, 0.05) is 16.2 Å². The van der Waals surface area contributed by atoms with Crippen molar-refractivity contribution in [3.63, 3.8) is 0 Å². The highest BCUT2D eigenvalue weighted by Crippen LogP contribution is 2.08. The van der Waals surface area contributed by atoms with Crippen molar-refractivity contribution in [1.29, 1.82) is 0 Å². The number of benzene rings is 2. The Morgan fingerprint density at radius 1 is 0.818 bits per heavy atom. The third kappa shape index (κ3) is 5.99. The number of carbonyl (C=O) groups excluding carboxylic acids is 1. The molecule has 0 radical (unpaired) electrons. The summed E-state index contributed by atoms with van der Waals surface area (Å²) in [6.45, 7) is 0. The van der Waals surface area contributed by atoms with Gasteiger partial charge in [0.1, 0.15) is 0 Å². The fourth-order valence-electron chi connectivity index (χ4n) is 1.49. The fourth-order valence-corrected chi connectivity index (χ4v) is 2.24. The van der Waals surface area contributed by atoms with Gasteiger partial charge in [0.25, 0.3) is 0 Å². The number of primary amides is 1. The van der Waals surface area contributed by atoms with Crippen LogP contribution in [0.1, 0.15) is 31.8 Å². The number of alkyl halides is 2. The number of halogens is 2. The average molecular weight is 429 g/mol. The van der Waals surface area contributed by atoms with E-state index in [4.69, 9.17) is 10.8 Å². The summed E-state index contributed by atoms with van der Waals surface area (Å²) in [5.41, 5.74) is 8.15. The third-order valence-corrected chi connectivity index (χ3v) is 4.04. The lowest BCUT2D eigenvalue weighted by molar-refractivity contribution is 0.0696. The van der Waals surface area contributed by atoms with Crippen LogP contribution in [0, 0.1) is 0 Å². The van der Waals surface area contributed by atoms with Crippen molar-refractivity contribution in [2.24, 2.45) is 5.73 Å². The van der Waals surface area contributed by atoms with Gasteiger partial charge in [0.05, 0.1) is 5.56 Å². The molecule has 0 heterocycles. The first-order valence-electron chi connectivity index (χ1n) is 6.30. The molecule has 0 aliphatic rings. The van der Waals surface area contributed by atoms with E-state index in [2.05, 4.69) is 31.9 Å². The molecule has 2 aromatic carbocycles. The molecule has 0 atom stereocenters. The van der Waals surface area contributed by atoms with E-state index in [0.717, 1.165) is 21.8 Å². The minimum absolute atomic E-state index is 0.328. The largest absolute Gasteiger partial charge is 0.478 e. The van der Waals surface area contributed by atoms with E-state index in [-0.39, 0.29) is 5.91 Å². The molecule has 6 heteroatoms. The van der Waals surface area contributed by atoms with E-state index < -0.39 is 5.97 Å². The van der Waals surface area contributed by atoms with Crippen LogP contribution >= 0.6 is 31.9 Å². The zero-order valence-electron chi connectivity index (χ0n) is 11.6. The topological polar surface area (TPSA) is 80.4 Å². The summed E-state index contributed by atoms with van der Waals surface area (Å²) in [6, 6.07) is 14.0. The molecule has 0 aliphatic heterocycles. The zero-order chi connectivity index (χ0) is 16.5. The minimum atomic E-state index is -0.883. The second-order valence-electron chi connectivity index (χ2n) is 4.33. The Hall–Kier alpha value is -1.66. The standard InChI is InChI=1S/C8H8BrNO.C8H7BrO2/c2*9-5-6-1-3-7(4-2-6)8(10)11/h1-4H,5H2,(H2,10,11);1-4H,5H2,(H,10,11). The van der Waals surface area contributed by atoms with Crippen molar-refractivity contribution < 1.29 is 14.7 Å². The second kappa shape index (κ2) is 9.38. The number of carbonyl (C=O) groups is 2. The van der Waals surface area contributed by atoms with Crippen LogP contribution in [0.15, 0.2) is 48.5 Å².